The van der Waals surface area contributed by atoms with Crippen LogP contribution in [0.5, 0.6) is 0 Å². The highest BCUT2D eigenvalue weighted by Crippen LogP contribution is 2.42. The molecule has 1 N–H and O–H groups in total. The lowest BCUT2D eigenvalue weighted by atomic mass is 9.72. The fraction of sp³-hybridized carbons (Fsp3) is 1.00. The van der Waals surface area contributed by atoms with Crippen molar-refractivity contribution in [2.45, 2.75) is 78.4 Å². The number of nitrogens with zero attached hydrogens (tertiary/aromatic N) is 2. The molecule has 1 aliphatic rings. The van der Waals surface area contributed by atoms with Gasteiger partial charge < -0.3 is 10.1 Å². The lowest BCUT2D eigenvalue weighted by Crippen LogP contribution is -2.65. The lowest BCUT2D eigenvalue weighted by molar-refractivity contribution is -0.268. The van der Waals surface area contributed by atoms with E-state index >= 15 is 0 Å². The van der Waals surface area contributed by atoms with Crippen LogP contribution in [0.3, 0.4) is 0 Å². The Balaban J connectivity index is 3.01. The molecule has 0 radical (unpaired) electrons. The van der Waals surface area contributed by atoms with Crippen molar-refractivity contribution in [2.75, 3.05) is 13.1 Å². The summed E-state index contributed by atoms with van der Waals surface area (Å²) in [5.41, 5.74) is -0.278. The van der Waals surface area contributed by atoms with E-state index in [1.807, 2.05) is 0 Å². The van der Waals surface area contributed by atoms with Gasteiger partial charge in [-0.2, -0.15) is 5.06 Å². The SMILES string of the molecule is CCN(CC)C1CC(C)(C)N(O)C(C)(C(C)C)C1. The minimum atomic E-state index is -0.148. The van der Waals surface area contributed by atoms with Crippen molar-refractivity contribution in [3.63, 3.8) is 0 Å². The topological polar surface area (TPSA) is 26.7 Å². The van der Waals surface area contributed by atoms with Crippen molar-refractivity contribution in [3.05, 3.63) is 0 Å². The second kappa shape index (κ2) is 5.48. The Morgan fingerprint density at radius 2 is 1.67 bits per heavy atom. The Labute approximate surface area is 113 Å². The highest BCUT2D eigenvalue weighted by molar-refractivity contribution is 5.02. The van der Waals surface area contributed by atoms with E-state index in [1.54, 1.807) is 5.06 Å². The summed E-state index contributed by atoms with van der Waals surface area (Å²) in [6.45, 7) is 17.6. The molecule has 2 unspecified atom stereocenters. The average molecular weight is 256 g/mol. The summed E-state index contributed by atoms with van der Waals surface area (Å²) in [5.74, 6) is 0.445. The zero-order chi connectivity index (χ0) is 14.1. The van der Waals surface area contributed by atoms with Gasteiger partial charge in [0.2, 0.25) is 0 Å². The van der Waals surface area contributed by atoms with Crippen LogP contribution in [0.2, 0.25) is 0 Å². The normalized spacial score (nSPS) is 33.3. The van der Waals surface area contributed by atoms with E-state index in [-0.39, 0.29) is 11.1 Å². The van der Waals surface area contributed by atoms with Crippen LogP contribution in [0.15, 0.2) is 0 Å². The molecule has 0 aromatic rings. The third kappa shape index (κ3) is 2.73. The largest absolute Gasteiger partial charge is 0.313 e. The third-order valence-corrected chi connectivity index (χ3v) is 5.01. The smallest absolute Gasteiger partial charge is 0.0476 e. The van der Waals surface area contributed by atoms with Gasteiger partial charge in [0, 0.05) is 17.1 Å². The Hall–Kier alpha value is -0.120. The molecular formula is C15H32N2O. The minimum absolute atomic E-state index is 0.130. The summed E-state index contributed by atoms with van der Waals surface area (Å²) >= 11 is 0. The number of hydroxylamine groups is 2. The lowest BCUT2D eigenvalue weighted by Gasteiger charge is -2.56. The molecule has 1 rings (SSSR count). The van der Waals surface area contributed by atoms with Gasteiger partial charge >= 0.3 is 0 Å². The van der Waals surface area contributed by atoms with Crippen molar-refractivity contribution in [1.29, 1.82) is 0 Å². The fourth-order valence-electron chi connectivity index (χ4n) is 3.47. The summed E-state index contributed by atoms with van der Waals surface area (Å²) < 4.78 is 0. The number of rotatable bonds is 4. The van der Waals surface area contributed by atoms with Gasteiger partial charge in [0.25, 0.3) is 0 Å². The molecule has 0 bridgehead atoms. The van der Waals surface area contributed by atoms with E-state index in [4.69, 9.17) is 0 Å². The number of hydrogen-bond donors (Lipinski definition) is 1. The van der Waals surface area contributed by atoms with Crippen LogP contribution >= 0.6 is 0 Å². The van der Waals surface area contributed by atoms with Crippen LogP contribution in [0.1, 0.15) is 61.3 Å². The molecule has 1 saturated heterocycles. The van der Waals surface area contributed by atoms with E-state index in [2.05, 4.69) is 53.4 Å². The summed E-state index contributed by atoms with van der Waals surface area (Å²) in [7, 11) is 0. The van der Waals surface area contributed by atoms with Crippen LogP contribution in [0.4, 0.5) is 0 Å². The second-order valence-corrected chi connectivity index (χ2v) is 6.92. The van der Waals surface area contributed by atoms with Crippen molar-refractivity contribution in [1.82, 2.24) is 9.96 Å². The molecule has 1 aliphatic heterocycles. The molecule has 2 atom stereocenters. The van der Waals surface area contributed by atoms with Gasteiger partial charge in [-0.15, -0.1) is 0 Å². The molecular weight excluding hydrogens is 224 g/mol. The van der Waals surface area contributed by atoms with E-state index in [0.29, 0.717) is 12.0 Å². The zero-order valence-electron chi connectivity index (χ0n) is 13.3. The van der Waals surface area contributed by atoms with Gasteiger partial charge in [0.1, 0.15) is 0 Å². The summed E-state index contributed by atoms with van der Waals surface area (Å²) in [4.78, 5) is 2.54. The van der Waals surface area contributed by atoms with Crippen LogP contribution < -0.4 is 0 Å². The summed E-state index contributed by atoms with van der Waals surface area (Å²) in [5, 5.41) is 12.2. The Morgan fingerprint density at radius 1 is 1.17 bits per heavy atom. The fourth-order valence-corrected chi connectivity index (χ4v) is 3.47. The zero-order valence-corrected chi connectivity index (χ0v) is 13.3. The quantitative estimate of drug-likeness (QED) is 0.835. The molecule has 0 aliphatic carbocycles. The molecule has 1 heterocycles. The van der Waals surface area contributed by atoms with E-state index in [1.165, 1.54) is 0 Å². The molecule has 108 valence electrons. The van der Waals surface area contributed by atoms with E-state index in [9.17, 15) is 5.21 Å². The first-order chi connectivity index (χ1) is 8.19. The monoisotopic (exact) mass is 256 g/mol. The van der Waals surface area contributed by atoms with Crippen LogP contribution in [-0.2, 0) is 0 Å². The molecule has 0 amide bonds. The van der Waals surface area contributed by atoms with Crippen molar-refractivity contribution < 1.29 is 5.21 Å². The van der Waals surface area contributed by atoms with Crippen LogP contribution in [-0.4, -0.2) is 45.4 Å². The molecule has 0 saturated carbocycles. The molecule has 0 aromatic heterocycles. The van der Waals surface area contributed by atoms with Gasteiger partial charge in [-0.05, 0) is 52.6 Å². The summed E-state index contributed by atoms with van der Waals surface area (Å²) in [6.07, 6.45) is 2.08. The molecule has 0 spiro atoms. The highest BCUT2D eigenvalue weighted by Gasteiger charge is 2.49. The average Bonchev–Trinajstić information content (AvgIpc) is 2.27. The first-order valence-electron chi connectivity index (χ1n) is 7.42. The van der Waals surface area contributed by atoms with Crippen molar-refractivity contribution >= 4 is 0 Å². The van der Waals surface area contributed by atoms with Gasteiger partial charge in [-0.1, -0.05) is 27.7 Å². The maximum Gasteiger partial charge on any atom is 0.0476 e. The Morgan fingerprint density at radius 3 is 2.06 bits per heavy atom. The predicted octanol–water partition coefficient (Wildman–Crippen LogP) is 3.38. The maximum atomic E-state index is 10.6. The molecule has 3 heteroatoms. The Kier molecular flexibility index (Phi) is 4.85. The van der Waals surface area contributed by atoms with Gasteiger partial charge in [-0.25, -0.2) is 0 Å². The first kappa shape index (κ1) is 15.9. The summed E-state index contributed by atoms with van der Waals surface area (Å²) in [6, 6.07) is 0.575. The highest BCUT2D eigenvalue weighted by atomic mass is 16.5. The predicted molar refractivity (Wildman–Crippen MR) is 76.9 cm³/mol. The standard InChI is InChI=1S/C15H32N2O/c1-8-16(9-2)13-10-14(5,6)17(18)15(7,11-13)12(3)4/h12-13,18H,8-11H2,1-7H3. The Bertz CT molecular complexity index is 274. The molecule has 1 fully saturated rings. The third-order valence-electron chi connectivity index (χ3n) is 5.01. The van der Waals surface area contributed by atoms with Crippen LogP contribution in [0, 0.1) is 5.92 Å². The molecule has 3 nitrogen and oxygen atoms in total. The van der Waals surface area contributed by atoms with Crippen LogP contribution in [0.25, 0.3) is 0 Å². The number of hydrogen-bond acceptors (Lipinski definition) is 3. The van der Waals surface area contributed by atoms with Crippen molar-refractivity contribution in [3.8, 4) is 0 Å². The second-order valence-electron chi connectivity index (χ2n) is 6.92. The van der Waals surface area contributed by atoms with Gasteiger partial charge in [-0.3, -0.25) is 0 Å². The van der Waals surface area contributed by atoms with E-state index < -0.39 is 0 Å². The number of piperidine rings is 1. The molecule has 0 aromatic carbocycles. The van der Waals surface area contributed by atoms with Crippen molar-refractivity contribution in [2.24, 2.45) is 5.92 Å². The molecule has 18 heavy (non-hydrogen) atoms. The van der Waals surface area contributed by atoms with Gasteiger partial charge in [0.05, 0.1) is 0 Å². The van der Waals surface area contributed by atoms with E-state index in [0.717, 1.165) is 25.9 Å². The maximum absolute atomic E-state index is 10.6. The first-order valence-corrected chi connectivity index (χ1v) is 7.42. The minimum Gasteiger partial charge on any atom is -0.313 e. The van der Waals surface area contributed by atoms with Gasteiger partial charge in [0.15, 0.2) is 0 Å².